The molecule has 2 aromatic carbocycles. The molecule has 0 aliphatic rings. The summed E-state index contributed by atoms with van der Waals surface area (Å²) in [5.41, 5.74) is 4.11. The Bertz CT molecular complexity index is 669. The molecule has 0 saturated carbocycles. The van der Waals surface area contributed by atoms with E-state index in [1.54, 1.807) is 0 Å². The lowest BCUT2D eigenvalue weighted by molar-refractivity contribution is 0.0288. The maximum absolute atomic E-state index is 12.1. The standard InChI is InChI=1S/C21H26O3/c1-16-14-18(10-11-19(16)21(2,3)4)20(22)24-13-12-23-15-17-8-6-5-7-9-17/h5-11,14H,12-13,15H2,1-4H3. The van der Waals surface area contributed by atoms with E-state index < -0.39 is 0 Å². The van der Waals surface area contributed by atoms with Crippen LogP contribution in [0, 0.1) is 6.92 Å². The third-order valence-electron chi connectivity index (χ3n) is 3.84. The lowest BCUT2D eigenvalue weighted by Crippen LogP contribution is -2.15. The van der Waals surface area contributed by atoms with Crippen molar-refractivity contribution in [2.45, 2.75) is 39.7 Å². The van der Waals surface area contributed by atoms with Gasteiger partial charge < -0.3 is 9.47 Å². The molecule has 0 spiro atoms. The van der Waals surface area contributed by atoms with E-state index in [9.17, 15) is 4.79 Å². The fourth-order valence-corrected chi connectivity index (χ4v) is 2.67. The van der Waals surface area contributed by atoms with Gasteiger partial charge in [-0.15, -0.1) is 0 Å². The van der Waals surface area contributed by atoms with Crippen molar-refractivity contribution in [3.63, 3.8) is 0 Å². The average Bonchev–Trinajstić information content (AvgIpc) is 2.54. The van der Waals surface area contributed by atoms with Crippen molar-refractivity contribution in [3.8, 4) is 0 Å². The average molecular weight is 326 g/mol. The van der Waals surface area contributed by atoms with Gasteiger partial charge in [0.1, 0.15) is 6.61 Å². The maximum Gasteiger partial charge on any atom is 0.338 e. The van der Waals surface area contributed by atoms with Crippen molar-refractivity contribution in [2.75, 3.05) is 13.2 Å². The number of rotatable bonds is 6. The van der Waals surface area contributed by atoms with Crippen LogP contribution >= 0.6 is 0 Å². The van der Waals surface area contributed by atoms with Crippen molar-refractivity contribution < 1.29 is 14.3 Å². The van der Waals surface area contributed by atoms with Crippen LogP contribution in [0.5, 0.6) is 0 Å². The first-order valence-electron chi connectivity index (χ1n) is 8.28. The highest BCUT2D eigenvalue weighted by Gasteiger charge is 2.17. The van der Waals surface area contributed by atoms with E-state index >= 15 is 0 Å². The summed E-state index contributed by atoms with van der Waals surface area (Å²) < 4.78 is 10.8. The van der Waals surface area contributed by atoms with Gasteiger partial charge in [0, 0.05) is 0 Å². The second kappa shape index (κ2) is 8.11. The zero-order valence-electron chi connectivity index (χ0n) is 15.0. The molecule has 128 valence electrons. The van der Waals surface area contributed by atoms with E-state index in [-0.39, 0.29) is 18.0 Å². The van der Waals surface area contributed by atoms with Crippen molar-refractivity contribution in [3.05, 3.63) is 70.8 Å². The number of hydrogen-bond donors (Lipinski definition) is 0. The molecule has 0 aliphatic carbocycles. The molecular formula is C21H26O3. The van der Waals surface area contributed by atoms with Crippen LogP contribution in [0.15, 0.2) is 48.5 Å². The van der Waals surface area contributed by atoms with Gasteiger partial charge >= 0.3 is 5.97 Å². The number of benzene rings is 2. The lowest BCUT2D eigenvalue weighted by Gasteiger charge is -2.22. The third-order valence-corrected chi connectivity index (χ3v) is 3.84. The van der Waals surface area contributed by atoms with Crippen LogP contribution in [0.3, 0.4) is 0 Å². The summed E-state index contributed by atoms with van der Waals surface area (Å²) in [5, 5.41) is 0. The molecule has 0 heterocycles. The van der Waals surface area contributed by atoms with Crippen LogP contribution in [0.4, 0.5) is 0 Å². The predicted octanol–water partition coefficient (Wildman–Crippen LogP) is 4.67. The Hall–Kier alpha value is -2.13. The molecule has 3 nitrogen and oxygen atoms in total. The zero-order valence-corrected chi connectivity index (χ0v) is 15.0. The maximum atomic E-state index is 12.1. The Balaban J connectivity index is 1.79. The van der Waals surface area contributed by atoms with Gasteiger partial charge in [-0.2, -0.15) is 0 Å². The monoisotopic (exact) mass is 326 g/mol. The van der Waals surface area contributed by atoms with Gasteiger partial charge in [-0.1, -0.05) is 57.2 Å². The number of esters is 1. The van der Waals surface area contributed by atoms with Gasteiger partial charge in [-0.25, -0.2) is 4.79 Å². The Kier molecular flexibility index (Phi) is 6.16. The van der Waals surface area contributed by atoms with Gasteiger partial charge in [-0.3, -0.25) is 0 Å². The molecule has 0 atom stereocenters. The first-order valence-corrected chi connectivity index (χ1v) is 8.28. The molecule has 0 fully saturated rings. The number of hydrogen-bond acceptors (Lipinski definition) is 3. The van der Waals surface area contributed by atoms with Crippen molar-refractivity contribution in [1.82, 2.24) is 0 Å². The highest BCUT2D eigenvalue weighted by molar-refractivity contribution is 5.89. The molecule has 2 rings (SSSR count). The fraction of sp³-hybridized carbons (Fsp3) is 0.381. The predicted molar refractivity (Wildman–Crippen MR) is 96.3 cm³/mol. The molecule has 2 aromatic rings. The highest BCUT2D eigenvalue weighted by Crippen LogP contribution is 2.26. The van der Waals surface area contributed by atoms with Gasteiger partial charge in [-0.05, 0) is 41.2 Å². The normalized spacial score (nSPS) is 11.3. The van der Waals surface area contributed by atoms with E-state index in [0.717, 1.165) is 11.1 Å². The number of aryl methyl sites for hydroxylation is 1. The number of carbonyl (C=O) groups is 1. The molecule has 0 amide bonds. The van der Waals surface area contributed by atoms with E-state index in [1.165, 1.54) is 5.56 Å². The summed E-state index contributed by atoms with van der Waals surface area (Å²) in [6.07, 6.45) is 0. The SMILES string of the molecule is Cc1cc(C(=O)OCCOCc2ccccc2)ccc1C(C)(C)C. The van der Waals surface area contributed by atoms with Crippen molar-refractivity contribution in [1.29, 1.82) is 0 Å². The topological polar surface area (TPSA) is 35.5 Å². The largest absolute Gasteiger partial charge is 0.460 e. The van der Waals surface area contributed by atoms with E-state index in [0.29, 0.717) is 18.8 Å². The van der Waals surface area contributed by atoms with Crippen LogP contribution < -0.4 is 0 Å². The summed E-state index contributed by atoms with van der Waals surface area (Å²) in [5.74, 6) is -0.304. The molecule has 0 radical (unpaired) electrons. The molecular weight excluding hydrogens is 300 g/mol. The lowest BCUT2D eigenvalue weighted by atomic mass is 9.83. The van der Waals surface area contributed by atoms with Crippen LogP contribution in [0.1, 0.15) is 47.8 Å². The molecule has 0 unspecified atom stereocenters. The Morgan fingerprint density at radius 2 is 1.71 bits per heavy atom. The highest BCUT2D eigenvalue weighted by atomic mass is 16.6. The van der Waals surface area contributed by atoms with Gasteiger partial charge in [0.25, 0.3) is 0 Å². The first kappa shape index (κ1) is 18.2. The number of ether oxygens (including phenoxy) is 2. The van der Waals surface area contributed by atoms with Crippen molar-refractivity contribution >= 4 is 5.97 Å². The van der Waals surface area contributed by atoms with Crippen LogP contribution in [0.25, 0.3) is 0 Å². The second-order valence-corrected chi connectivity index (χ2v) is 6.95. The molecule has 0 N–H and O–H groups in total. The third kappa shape index (κ3) is 5.20. The fourth-order valence-electron chi connectivity index (χ4n) is 2.67. The quantitative estimate of drug-likeness (QED) is 0.572. The van der Waals surface area contributed by atoms with Crippen molar-refractivity contribution in [2.24, 2.45) is 0 Å². The smallest absolute Gasteiger partial charge is 0.338 e. The molecule has 0 saturated heterocycles. The van der Waals surface area contributed by atoms with E-state index in [4.69, 9.17) is 9.47 Å². The van der Waals surface area contributed by atoms with Crippen LogP contribution in [0.2, 0.25) is 0 Å². The van der Waals surface area contributed by atoms with Crippen LogP contribution in [-0.2, 0) is 21.5 Å². The minimum atomic E-state index is -0.304. The Morgan fingerprint density at radius 1 is 1.00 bits per heavy atom. The Morgan fingerprint density at radius 3 is 2.33 bits per heavy atom. The van der Waals surface area contributed by atoms with E-state index in [1.807, 2.05) is 55.5 Å². The summed E-state index contributed by atoms with van der Waals surface area (Å²) >= 11 is 0. The molecule has 0 aliphatic heterocycles. The molecule has 0 bridgehead atoms. The van der Waals surface area contributed by atoms with Gasteiger partial charge in [0.15, 0.2) is 0 Å². The summed E-state index contributed by atoms with van der Waals surface area (Å²) in [4.78, 5) is 12.1. The molecule has 0 aromatic heterocycles. The number of carbonyl (C=O) groups excluding carboxylic acids is 1. The van der Waals surface area contributed by atoms with Crippen LogP contribution in [-0.4, -0.2) is 19.2 Å². The molecule has 3 heteroatoms. The van der Waals surface area contributed by atoms with Gasteiger partial charge in [0.05, 0.1) is 18.8 Å². The first-order chi connectivity index (χ1) is 11.4. The summed E-state index contributed by atoms with van der Waals surface area (Å²) in [6, 6.07) is 15.7. The van der Waals surface area contributed by atoms with E-state index in [2.05, 4.69) is 20.8 Å². The second-order valence-electron chi connectivity index (χ2n) is 6.95. The minimum absolute atomic E-state index is 0.0673. The minimum Gasteiger partial charge on any atom is -0.460 e. The van der Waals surface area contributed by atoms with Gasteiger partial charge in [0.2, 0.25) is 0 Å². The summed E-state index contributed by atoms with van der Waals surface area (Å²) in [6.45, 7) is 9.69. The summed E-state index contributed by atoms with van der Waals surface area (Å²) in [7, 11) is 0. The Labute approximate surface area is 144 Å². The zero-order chi connectivity index (χ0) is 17.6. The molecule has 24 heavy (non-hydrogen) atoms.